The van der Waals surface area contributed by atoms with Crippen LogP contribution < -0.4 is 4.57 Å². The largest absolute Gasteiger partial charge is 0.464 e. The van der Waals surface area contributed by atoms with Crippen LogP contribution in [0, 0.1) is 6.92 Å². The van der Waals surface area contributed by atoms with Gasteiger partial charge in [-0.2, -0.15) is 4.40 Å². The molecule has 0 unspecified atom stereocenters. The summed E-state index contributed by atoms with van der Waals surface area (Å²) in [6, 6.07) is 21.5. The predicted molar refractivity (Wildman–Crippen MR) is 106 cm³/mol. The fraction of sp³-hybridized carbons (Fsp3) is 0.0870. The Balaban J connectivity index is 2.12. The van der Waals surface area contributed by atoms with Crippen LogP contribution in [0.3, 0.4) is 0 Å². The smallest absolute Gasteiger partial charge is 0.295 e. The lowest BCUT2D eigenvalue weighted by molar-refractivity contribution is -0.617. The molecule has 0 bridgehead atoms. The van der Waals surface area contributed by atoms with Gasteiger partial charge in [0.15, 0.2) is 11.0 Å². The third-order valence-corrected chi connectivity index (χ3v) is 5.63. The normalized spacial score (nSPS) is 12.2. The summed E-state index contributed by atoms with van der Waals surface area (Å²) in [6.45, 7) is 2.20. The molecule has 0 saturated carbocycles. The van der Waals surface area contributed by atoms with Gasteiger partial charge in [0.1, 0.15) is 11.1 Å². The second-order valence-corrected chi connectivity index (χ2v) is 7.00. The first-order valence-corrected chi connectivity index (χ1v) is 8.86. The van der Waals surface area contributed by atoms with E-state index in [4.69, 9.17) is 4.42 Å². The molecule has 3 aromatic heterocycles. The number of para-hydroxylation sites is 1. The molecule has 124 valence electrons. The Morgan fingerprint density at radius 3 is 2.62 bits per heavy atom. The zero-order valence-corrected chi connectivity index (χ0v) is 14.7. The van der Waals surface area contributed by atoms with E-state index < -0.39 is 0 Å². The molecule has 0 saturated heterocycles. The number of furan rings is 1. The Bertz CT molecular complexity index is 1500. The fourth-order valence-electron chi connectivity index (χ4n) is 4.49. The molecular formula is C23H17N2O+. The standard InChI is InChI=1S/C23H17N2O/c1-14-6-5-8-16-15-7-3-4-9-18(15)25-22-17-12-13-26-20(17)11-10-19(22)24(2)23(25)21(14)16/h3-13H,1-2H3/q+1. The van der Waals surface area contributed by atoms with Crippen LogP contribution in [-0.4, -0.2) is 4.40 Å². The van der Waals surface area contributed by atoms with Crippen LogP contribution in [-0.2, 0) is 7.05 Å². The number of aromatic nitrogens is 2. The van der Waals surface area contributed by atoms with E-state index in [0.29, 0.717) is 0 Å². The highest BCUT2D eigenvalue weighted by Gasteiger charge is 2.25. The van der Waals surface area contributed by atoms with Gasteiger partial charge in [0.2, 0.25) is 0 Å². The van der Waals surface area contributed by atoms with Gasteiger partial charge in [-0.3, -0.25) is 0 Å². The van der Waals surface area contributed by atoms with Crippen molar-refractivity contribution in [1.82, 2.24) is 4.40 Å². The molecule has 3 nitrogen and oxygen atoms in total. The lowest BCUT2D eigenvalue weighted by Gasteiger charge is -2.06. The first-order valence-electron chi connectivity index (χ1n) is 8.86. The van der Waals surface area contributed by atoms with Crippen LogP contribution in [0.2, 0.25) is 0 Å². The van der Waals surface area contributed by atoms with Crippen molar-refractivity contribution < 1.29 is 8.98 Å². The Hall–Kier alpha value is -3.33. The van der Waals surface area contributed by atoms with Gasteiger partial charge >= 0.3 is 0 Å². The van der Waals surface area contributed by atoms with Crippen molar-refractivity contribution in [1.29, 1.82) is 0 Å². The van der Waals surface area contributed by atoms with Crippen molar-refractivity contribution in [2.75, 3.05) is 0 Å². The van der Waals surface area contributed by atoms with Crippen molar-refractivity contribution in [2.24, 2.45) is 7.05 Å². The van der Waals surface area contributed by atoms with E-state index in [2.05, 4.69) is 83.6 Å². The molecule has 0 atom stereocenters. The van der Waals surface area contributed by atoms with Gasteiger partial charge in [0, 0.05) is 10.8 Å². The van der Waals surface area contributed by atoms with Crippen LogP contribution in [0.25, 0.3) is 49.3 Å². The van der Waals surface area contributed by atoms with E-state index in [0.717, 1.165) is 11.0 Å². The molecule has 0 fully saturated rings. The summed E-state index contributed by atoms with van der Waals surface area (Å²) in [5.74, 6) is 0. The molecule has 0 aliphatic carbocycles. The lowest BCUT2D eigenvalue weighted by Crippen LogP contribution is -2.27. The minimum Gasteiger partial charge on any atom is -0.464 e. The van der Waals surface area contributed by atoms with Gasteiger partial charge in [-0.15, -0.1) is 0 Å². The number of hydrogen-bond acceptors (Lipinski definition) is 1. The number of nitrogens with zero attached hydrogens (tertiary/aromatic N) is 2. The molecule has 0 aliphatic rings. The Kier molecular flexibility index (Phi) is 2.48. The minimum absolute atomic E-state index is 0.923. The molecule has 3 aromatic carbocycles. The average Bonchev–Trinajstić information content (AvgIpc) is 3.25. The third kappa shape index (κ3) is 1.51. The molecule has 0 aliphatic heterocycles. The number of aryl methyl sites for hydroxylation is 2. The summed E-state index contributed by atoms with van der Waals surface area (Å²) in [5.41, 5.74) is 7.07. The number of hydrogen-bond donors (Lipinski definition) is 0. The average molecular weight is 337 g/mol. The fourth-order valence-corrected chi connectivity index (χ4v) is 4.49. The van der Waals surface area contributed by atoms with E-state index in [1.807, 2.05) is 0 Å². The molecule has 26 heavy (non-hydrogen) atoms. The second kappa shape index (κ2) is 4.64. The third-order valence-electron chi connectivity index (χ3n) is 5.63. The van der Waals surface area contributed by atoms with E-state index in [1.165, 1.54) is 43.9 Å². The number of fused-ring (bicyclic) bond motifs is 10. The van der Waals surface area contributed by atoms with Crippen LogP contribution in [0.4, 0.5) is 0 Å². The first kappa shape index (κ1) is 13.9. The Labute approximate surface area is 149 Å². The Morgan fingerprint density at radius 2 is 1.69 bits per heavy atom. The maximum Gasteiger partial charge on any atom is 0.295 e. The highest BCUT2D eigenvalue weighted by molar-refractivity contribution is 6.15. The van der Waals surface area contributed by atoms with Crippen molar-refractivity contribution in [3.63, 3.8) is 0 Å². The van der Waals surface area contributed by atoms with Gasteiger partial charge in [-0.1, -0.05) is 36.4 Å². The summed E-state index contributed by atoms with van der Waals surface area (Å²) in [6.07, 6.45) is 1.78. The summed E-state index contributed by atoms with van der Waals surface area (Å²) < 4.78 is 10.4. The summed E-state index contributed by atoms with van der Waals surface area (Å²) in [5, 5.41) is 5.03. The molecular weight excluding hydrogens is 320 g/mol. The molecule has 0 spiro atoms. The highest BCUT2D eigenvalue weighted by atomic mass is 16.3. The van der Waals surface area contributed by atoms with E-state index in [9.17, 15) is 0 Å². The SMILES string of the molecule is Cc1cccc2c3ccccc3n3c4c5ccoc5ccc4[n+](C)c3c12. The highest BCUT2D eigenvalue weighted by Crippen LogP contribution is 2.35. The monoisotopic (exact) mass is 337 g/mol. The van der Waals surface area contributed by atoms with Crippen LogP contribution in [0.1, 0.15) is 5.56 Å². The molecule has 0 radical (unpaired) electrons. The zero-order chi connectivity index (χ0) is 17.4. The Morgan fingerprint density at radius 1 is 0.846 bits per heavy atom. The topological polar surface area (TPSA) is 21.4 Å². The number of pyridine rings is 1. The van der Waals surface area contributed by atoms with Crippen LogP contribution in [0.5, 0.6) is 0 Å². The van der Waals surface area contributed by atoms with Crippen molar-refractivity contribution in [3.05, 3.63) is 72.5 Å². The van der Waals surface area contributed by atoms with Gasteiger partial charge in [-0.25, -0.2) is 4.57 Å². The number of imidazole rings is 1. The predicted octanol–water partition coefficient (Wildman–Crippen LogP) is 5.28. The first-order chi connectivity index (χ1) is 12.8. The molecule has 0 N–H and O–H groups in total. The van der Waals surface area contributed by atoms with Crippen molar-refractivity contribution in [3.8, 4) is 0 Å². The number of benzene rings is 3. The minimum atomic E-state index is 0.923. The molecule has 6 rings (SSSR count). The lowest BCUT2D eigenvalue weighted by atomic mass is 10.0. The number of rotatable bonds is 0. The molecule has 3 heteroatoms. The second-order valence-electron chi connectivity index (χ2n) is 7.00. The molecule has 0 amide bonds. The van der Waals surface area contributed by atoms with Crippen LogP contribution in [0.15, 0.2) is 71.3 Å². The van der Waals surface area contributed by atoms with E-state index in [-0.39, 0.29) is 0 Å². The van der Waals surface area contributed by atoms with E-state index in [1.54, 1.807) is 6.26 Å². The van der Waals surface area contributed by atoms with Crippen molar-refractivity contribution >= 4 is 49.3 Å². The van der Waals surface area contributed by atoms with Gasteiger partial charge in [0.05, 0.1) is 24.1 Å². The maximum atomic E-state index is 5.68. The van der Waals surface area contributed by atoms with Crippen molar-refractivity contribution in [2.45, 2.75) is 6.92 Å². The van der Waals surface area contributed by atoms with E-state index >= 15 is 0 Å². The van der Waals surface area contributed by atoms with Gasteiger partial charge < -0.3 is 4.42 Å². The molecule has 3 heterocycles. The summed E-state index contributed by atoms with van der Waals surface area (Å²) >= 11 is 0. The van der Waals surface area contributed by atoms with Gasteiger partial charge in [-0.05, 0) is 36.8 Å². The quantitative estimate of drug-likeness (QED) is 0.273. The molecule has 6 aromatic rings. The summed E-state index contributed by atoms with van der Waals surface area (Å²) in [7, 11) is 2.16. The van der Waals surface area contributed by atoms with Gasteiger partial charge in [0.25, 0.3) is 5.65 Å². The zero-order valence-electron chi connectivity index (χ0n) is 14.7. The summed E-state index contributed by atoms with van der Waals surface area (Å²) in [4.78, 5) is 0. The maximum absolute atomic E-state index is 5.68. The van der Waals surface area contributed by atoms with Crippen LogP contribution >= 0.6 is 0 Å².